The summed E-state index contributed by atoms with van der Waals surface area (Å²) < 4.78 is 38.3. The molecule has 0 aliphatic rings. The molecule has 2 rings (SSSR count). The fourth-order valence-electron chi connectivity index (χ4n) is 2.86. The number of hydrogen-bond donors (Lipinski definition) is 0. The van der Waals surface area contributed by atoms with E-state index in [1.54, 1.807) is 24.0 Å². The third-order valence-electron chi connectivity index (χ3n) is 4.43. The van der Waals surface area contributed by atoms with Crippen LogP contribution in [0.3, 0.4) is 0 Å². The Balaban J connectivity index is 2.29. The summed E-state index contributed by atoms with van der Waals surface area (Å²) in [6, 6.07) is 8.27. The number of likely N-dealkylation sites (N-methyl/N-ethyl adjacent to an activating group) is 1. The second-order valence-electron chi connectivity index (χ2n) is 6.59. The molecule has 0 atom stereocenters. The second-order valence-corrected chi connectivity index (χ2v) is 6.59. The highest BCUT2D eigenvalue weighted by molar-refractivity contribution is 5.97. The zero-order valence-electron chi connectivity index (χ0n) is 17.5. The molecule has 2 aromatic carbocycles. The number of carbonyl (C=O) groups is 2. The Morgan fingerprint density at radius 3 is 2.20 bits per heavy atom. The molecule has 5 nitrogen and oxygen atoms in total. The number of esters is 1. The topological polar surface area (TPSA) is 55.8 Å². The fraction of sp³-hybridized carbons (Fsp3) is 0.304. The van der Waals surface area contributed by atoms with Gasteiger partial charge in [-0.2, -0.15) is 0 Å². The Labute approximate surface area is 174 Å². The molecule has 0 aromatic heterocycles. The molecule has 0 aliphatic heterocycles. The first kappa shape index (κ1) is 23.1. The summed E-state index contributed by atoms with van der Waals surface area (Å²) in [4.78, 5) is 25.6. The van der Waals surface area contributed by atoms with Gasteiger partial charge in [-0.15, -0.1) is 0 Å². The van der Waals surface area contributed by atoms with Crippen LogP contribution in [-0.2, 0) is 16.2 Å². The molecule has 0 N–H and O–H groups in total. The predicted molar refractivity (Wildman–Crippen MR) is 110 cm³/mol. The molecule has 30 heavy (non-hydrogen) atoms. The van der Waals surface area contributed by atoms with E-state index < -0.39 is 17.6 Å². The molecule has 0 saturated heterocycles. The smallest absolute Gasteiger partial charge is 0.308 e. The molecular weight excluding hydrogens is 392 g/mol. The molecule has 7 heteroatoms. The molecule has 0 radical (unpaired) electrons. The summed E-state index contributed by atoms with van der Waals surface area (Å²) in [5.41, 5.74) is 0.916. The quantitative estimate of drug-likeness (QED) is 0.354. The summed E-state index contributed by atoms with van der Waals surface area (Å²) in [7, 11) is 0. The zero-order valence-corrected chi connectivity index (χ0v) is 17.5. The Bertz CT molecular complexity index is 932. The van der Waals surface area contributed by atoms with Crippen LogP contribution in [0.15, 0.2) is 42.0 Å². The van der Waals surface area contributed by atoms with Gasteiger partial charge in [0.15, 0.2) is 11.5 Å². The molecule has 0 spiro atoms. The lowest BCUT2D eigenvalue weighted by Gasteiger charge is -2.19. The van der Waals surface area contributed by atoms with Crippen molar-refractivity contribution in [3.8, 4) is 11.5 Å². The van der Waals surface area contributed by atoms with E-state index in [1.165, 1.54) is 25.1 Å². The molecule has 0 fully saturated rings. The van der Waals surface area contributed by atoms with Crippen LogP contribution in [-0.4, -0.2) is 29.9 Å². The van der Waals surface area contributed by atoms with E-state index >= 15 is 0 Å². The molecule has 0 unspecified atom stereocenters. The third-order valence-corrected chi connectivity index (χ3v) is 4.43. The summed E-state index contributed by atoms with van der Waals surface area (Å²) in [6.07, 6.45) is 1.67. The highest BCUT2D eigenvalue weighted by atomic mass is 19.1. The lowest BCUT2D eigenvalue weighted by molar-refractivity contribution is -0.132. The van der Waals surface area contributed by atoms with Crippen LogP contribution >= 0.6 is 0 Å². The number of benzene rings is 2. The maximum atomic E-state index is 13.8. The van der Waals surface area contributed by atoms with Crippen LogP contribution in [0.25, 0.3) is 6.08 Å². The van der Waals surface area contributed by atoms with E-state index in [0.29, 0.717) is 24.2 Å². The fourth-order valence-corrected chi connectivity index (χ4v) is 2.86. The normalized spacial score (nSPS) is 11.2. The largest absolute Gasteiger partial charge is 0.485 e. The first-order valence-corrected chi connectivity index (χ1v) is 9.62. The van der Waals surface area contributed by atoms with Crippen molar-refractivity contribution in [1.82, 2.24) is 4.90 Å². The monoisotopic (exact) mass is 417 g/mol. The minimum Gasteiger partial charge on any atom is -0.485 e. The Morgan fingerprint density at radius 1 is 1.00 bits per heavy atom. The molecule has 1 amide bonds. The van der Waals surface area contributed by atoms with Gasteiger partial charge in [-0.05, 0) is 56.7 Å². The van der Waals surface area contributed by atoms with Crippen molar-refractivity contribution >= 4 is 18.0 Å². The van der Waals surface area contributed by atoms with Gasteiger partial charge in [0.25, 0.3) is 0 Å². The Kier molecular flexibility index (Phi) is 8.09. The van der Waals surface area contributed by atoms with Crippen LogP contribution in [0.4, 0.5) is 8.78 Å². The van der Waals surface area contributed by atoms with Gasteiger partial charge >= 0.3 is 5.97 Å². The van der Waals surface area contributed by atoms with E-state index in [9.17, 15) is 18.4 Å². The van der Waals surface area contributed by atoms with Gasteiger partial charge in [-0.3, -0.25) is 9.59 Å². The zero-order chi connectivity index (χ0) is 22.3. The third kappa shape index (κ3) is 5.89. The van der Waals surface area contributed by atoms with Crippen molar-refractivity contribution in [1.29, 1.82) is 0 Å². The Morgan fingerprint density at radius 2 is 1.63 bits per heavy atom. The van der Waals surface area contributed by atoms with Gasteiger partial charge in [-0.25, -0.2) is 8.78 Å². The van der Waals surface area contributed by atoms with Crippen LogP contribution in [0, 0.1) is 11.6 Å². The highest BCUT2D eigenvalue weighted by Gasteiger charge is 2.15. The average molecular weight is 417 g/mol. The van der Waals surface area contributed by atoms with Gasteiger partial charge in [-0.1, -0.05) is 12.1 Å². The van der Waals surface area contributed by atoms with E-state index in [2.05, 4.69) is 0 Å². The minimum absolute atomic E-state index is 0.0932. The summed E-state index contributed by atoms with van der Waals surface area (Å²) in [5, 5.41) is 0. The first-order chi connectivity index (χ1) is 14.3. The van der Waals surface area contributed by atoms with Crippen LogP contribution in [0.2, 0.25) is 0 Å². The van der Waals surface area contributed by atoms with Crippen molar-refractivity contribution in [2.75, 3.05) is 13.1 Å². The van der Waals surface area contributed by atoms with Crippen molar-refractivity contribution in [3.63, 3.8) is 0 Å². The molecular formula is C23H25F2NO4. The number of ether oxygens (including phenoxy) is 2. The summed E-state index contributed by atoms with van der Waals surface area (Å²) in [5.74, 6) is -1.88. The molecule has 0 bridgehead atoms. The summed E-state index contributed by atoms with van der Waals surface area (Å²) >= 11 is 0. The lowest BCUT2D eigenvalue weighted by Crippen LogP contribution is -2.30. The molecule has 0 heterocycles. The number of rotatable bonds is 8. The van der Waals surface area contributed by atoms with E-state index in [4.69, 9.17) is 9.47 Å². The highest BCUT2D eigenvalue weighted by Crippen LogP contribution is 2.31. The molecule has 0 saturated carbocycles. The second kappa shape index (κ2) is 10.5. The van der Waals surface area contributed by atoms with Crippen LogP contribution in [0.5, 0.6) is 11.5 Å². The molecule has 160 valence electrons. The first-order valence-electron chi connectivity index (χ1n) is 9.62. The predicted octanol–water partition coefficient (Wildman–Crippen LogP) is 4.74. The SMILES string of the molecule is CCN(CC)C(=O)/C(C)=C\c1ccc(OCc2c(F)cccc2F)c(OC(C)=O)c1. The number of nitrogens with zero attached hydrogens (tertiary/aromatic N) is 1. The minimum atomic E-state index is -0.728. The van der Waals surface area contributed by atoms with Gasteiger partial charge in [0.2, 0.25) is 5.91 Å². The van der Waals surface area contributed by atoms with E-state index in [1.807, 2.05) is 13.8 Å². The average Bonchev–Trinajstić information content (AvgIpc) is 2.69. The lowest BCUT2D eigenvalue weighted by atomic mass is 10.1. The maximum Gasteiger partial charge on any atom is 0.308 e. The van der Waals surface area contributed by atoms with E-state index in [-0.39, 0.29) is 29.6 Å². The molecule has 2 aromatic rings. The standard InChI is InChI=1S/C23H25F2NO4/c1-5-26(6-2)23(28)15(3)12-17-10-11-21(22(13-17)30-16(4)27)29-14-18-19(24)8-7-9-20(18)25/h7-13H,5-6,14H2,1-4H3/b15-12-. The number of halogens is 2. The van der Waals surface area contributed by atoms with Crippen molar-refractivity contribution in [2.45, 2.75) is 34.3 Å². The number of amides is 1. The maximum absolute atomic E-state index is 13.8. The van der Waals surface area contributed by atoms with E-state index in [0.717, 1.165) is 12.1 Å². The Hall–Kier alpha value is -3.22. The number of carbonyl (C=O) groups excluding carboxylic acids is 2. The molecule has 0 aliphatic carbocycles. The van der Waals surface area contributed by atoms with Crippen LogP contribution in [0.1, 0.15) is 38.8 Å². The van der Waals surface area contributed by atoms with Crippen molar-refractivity contribution in [3.05, 3.63) is 64.7 Å². The summed E-state index contributed by atoms with van der Waals surface area (Å²) in [6.45, 7) is 7.56. The van der Waals surface area contributed by atoms with Gasteiger partial charge < -0.3 is 14.4 Å². The van der Waals surface area contributed by atoms with Crippen molar-refractivity contribution < 1.29 is 27.8 Å². The van der Waals surface area contributed by atoms with Gasteiger partial charge in [0.1, 0.15) is 18.2 Å². The van der Waals surface area contributed by atoms with Crippen molar-refractivity contribution in [2.24, 2.45) is 0 Å². The van der Waals surface area contributed by atoms with Crippen LogP contribution < -0.4 is 9.47 Å². The van der Waals surface area contributed by atoms with Gasteiger partial charge in [0, 0.05) is 25.6 Å². The number of hydrogen-bond acceptors (Lipinski definition) is 4. The van der Waals surface area contributed by atoms with Gasteiger partial charge in [0.05, 0.1) is 5.56 Å².